The molecule has 0 aliphatic carbocycles. The Bertz CT molecular complexity index is 224. The van der Waals surface area contributed by atoms with Gasteiger partial charge in [0.1, 0.15) is 0 Å². The molecular formula is C19H36O. The van der Waals surface area contributed by atoms with E-state index in [2.05, 4.69) is 25.7 Å². The van der Waals surface area contributed by atoms with Crippen LogP contribution in [0.5, 0.6) is 0 Å². The van der Waals surface area contributed by atoms with Crippen molar-refractivity contribution in [2.75, 3.05) is 13.2 Å². The van der Waals surface area contributed by atoms with E-state index in [4.69, 9.17) is 4.74 Å². The van der Waals surface area contributed by atoms with Gasteiger partial charge < -0.3 is 4.74 Å². The Balaban J connectivity index is 3.00. The molecule has 20 heavy (non-hydrogen) atoms. The molecule has 1 nitrogen and oxygen atoms in total. The largest absolute Gasteiger partial charge is 0.381 e. The third kappa shape index (κ3) is 17.5. The highest BCUT2D eigenvalue weighted by Gasteiger charge is 1.92. The Morgan fingerprint density at radius 1 is 0.550 bits per heavy atom. The lowest BCUT2D eigenvalue weighted by Crippen LogP contribution is -1.96. The van der Waals surface area contributed by atoms with Crippen LogP contribution in [0.1, 0.15) is 97.3 Å². The van der Waals surface area contributed by atoms with Crippen LogP contribution in [0, 0.1) is 11.8 Å². The third-order valence-electron chi connectivity index (χ3n) is 3.51. The van der Waals surface area contributed by atoms with Gasteiger partial charge in [-0.1, -0.05) is 58.8 Å². The van der Waals surface area contributed by atoms with Crippen molar-refractivity contribution in [1.82, 2.24) is 0 Å². The Labute approximate surface area is 127 Å². The van der Waals surface area contributed by atoms with Crippen LogP contribution in [0.25, 0.3) is 0 Å². The Morgan fingerprint density at radius 3 is 1.70 bits per heavy atom. The van der Waals surface area contributed by atoms with Gasteiger partial charge in [0, 0.05) is 26.1 Å². The molecule has 0 fully saturated rings. The maximum absolute atomic E-state index is 5.56. The summed E-state index contributed by atoms with van der Waals surface area (Å²) < 4.78 is 5.56. The normalized spacial score (nSPS) is 10.3. The van der Waals surface area contributed by atoms with Crippen LogP contribution in [0.2, 0.25) is 0 Å². The van der Waals surface area contributed by atoms with Crippen LogP contribution in [0.15, 0.2) is 0 Å². The molecule has 118 valence electrons. The molecule has 0 atom stereocenters. The average Bonchev–Trinajstić information content (AvgIpc) is 2.47. The predicted octanol–water partition coefficient (Wildman–Crippen LogP) is 6.12. The van der Waals surface area contributed by atoms with E-state index >= 15 is 0 Å². The Kier molecular flexibility index (Phi) is 18.1. The summed E-state index contributed by atoms with van der Waals surface area (Å²) in [4.78, 5) is 0. The van der Waals surface area contributed by atoms with E-state index in [1.807, 2.05) is 0 Å². The van der Waals surface area contributed by atoms with Gasteiger partial charge in [-0.2, -0.15) is 0 Å². The lowest BCUT2D eigenvalue weighted by Gasteiger charge is -2.03. The van der Waals surface area contributed by atoms with Crippen molar-refractivity contribution in [3.05, 3.63) is 0 Å². The van der Waals surface area contributed by atoms with Crippen LogP contribution < -0.4 is 0 Å². The first-order valence-corrected chi connectivity index (χ1v) is 8.95. The molecule has 0 saturated carbocycles. The van der Waals surface area contributed by atoms with Crippen molar-refractivity contribution >= 4 is 0 Å². The van der Waals surface area contributed by atoms with Gasteiger partial charge >= 0.3 is 0 Å². The van der Waals surface area contributed by atoms with E-state index in [-0.39, 0.29) is 0 Å². The zero-order valence-electron chi connectivity index (χ0n) is 14.0. The summed E-state index contributed by atoms with van der Waals surface area (Å²) in [5, 5.41) is 0. The zero-order valence-corrected chi connectivity index (χ0v) is 14.0. The van der Waals surface area contributed by atoms with Crippen molar-refractivity contribution in [1.29, 1.82) is 0 Å². The molecule has 0 aliphatic rings. The maximum Gasteiger partial charge on any atom is 0.0466 e. The third-order valence-corrected chi connectivity index (χ3v) is 3.51. The summed E-state index contributed by atoms with van der Waals surface area (Å²) in [7, 11) is 0. The fourth-order valence-electron chi connectivity index (χ4n) is 2.09. The van der Waals surface area contributed by atoms with Gasteiger partial charge in [-0.05, 0) is 25.7 Å². The molecule has 0 aromatic carbocycles. The second-order valence-electron chi connectivity index (χ2n) is 5.65. The fraction of sp³-hybridized carbons (Fsp3) is 0.895. The van der Waals surface area contributed by atoms with Gasteiger partial charge in [0.15, 0.2) is 0 Å². The number of hydrogen-bond acceptors (Lipinski definition) is 1. The highest BCUT2D eigenvalue weighted by atomic mass is 16.5. The van der Waals surface area contributed by atoms with Crippen molar-refractivity contribution < 1.29 is 4.74 Å². The molecule has 0 bridgehead atoms. The van der Waals surface area contributed by atoms with Gasteiger partial charge in [-0.15, -0.1) is 11.8 Å². The quantitative estimate of drug-likeness (QED) is 0.275. The monoisotopic (exact) mass is 280 g/mol. The summed E-state index contributed by atoms with van der Waals surface area (Å²) in [5.74, 6) is 6.55. The van der Waals surface area contributed by atoms with Crippen molar-refractivity contribution in [3.8, 4) is 11.8 Å². The molecule has 0 heterocycles. The zero-order chi connectivity index (χ0) is 14.7. The predicted molar refractivity (Wildman–Crippen MR) is 90.0 cm³/mol. The standard InChI is InChI=1S/C19H36O/c1-3-5-7-8-9-10-11-12-13-14-15-16-17-19-20-18-6-4-2/h3-7,10-19H2,1-2H3. The second-order valence-corrected chi connectivity index (χ2v) is 5.65. The molecular weight excluding hydrogens is 244 g/mol. The van der Waals surface area contributed by atoms with Crippen molar-refractivity contribution in [3.63, 3.8) is 0 Å². The molecule has 0 unspecified atom stereocenters. The minimum atomic E-state index is 0.954. The maximum atomic E-state index is 5.56. The van der Waals surface area contributed by atoms with E-state index in [9.17, 15) is 0 Å². The number of unbranched alkanes of at least 4 members (excludes halogenated alkanes) is 10. The second kappa shape index (κ2) is 18.5. The SMILES string of the molecule is CCCCC#CCCCCCCCCCOCCCC. The highest BCUT2D eigenvalue weighted by Crippen LogP contribution is 2.08. The molecule has 0 radical (unpaired) electrons. The molecule has 0 N–H and O–H groups in total. The van der Waals surface area contributed by atoms with Gasteiger partial charge in [0.2, 0.25) is 0 Å². The number of ether oxygens (including phenoxy) is 1. The van der Waals surface area contributed by atoms with Gasteiger partial charge in [-0.25, -0.2) is 0 Å². The van der Waals surface area contributed by atoms with Gasteiger partial charge in [0.25, 0.3) is 0 Å². The molecule has 0 amide bonds. The van der Waals surface area contributed by atoms with Gasteiger partial charge in [0.05, 0.1) is 0 Å². The minimum absolute atomic E-state index is 0.954. The average molecular weight is 280 g/mol. The molecule has 0 aromatic rings. The fourth-order valence-corrected chi connectivity index (χ4v) is 2.09. The van der Waals surface area contributed by atoms with E-state index in [1.165, 1.54) is 70.6 Å². The number of hydrogen-bond donors (Lipinski definition) is 0. The van der Waals surface area contributed by atoms with E-state index in [1.54, 1.807) is 0 Å². The van der Waals surface area contributed by atoms with Crippen molar-refractivity contribution in [2.24, 2.45) is 0 Å². The first kappa shape index (κ1) is 19.5. The molecule has 0 saturated heterocycles. The summed E-state index contributed by atoms with van der Waals surface area (Å²) in [6.07, 6.45) is 16.5. The molecule has 0 aromatic heterocycles. The highest BCUT2D eigenvalue weighted by molar-refractivity contribution is 4.98. The van der Waals surface area contributed by atoms with Crippen molar-refractivity contribution in [2.45, 2.75) is 97.3 Å². The Morgan fingerprint density at radius 2 is 1.05 bits per heavy atom. The lowest BCUT2D eigenvalue weighted by atomic mass is 10.1. The summed E-state index contributed by atoms with van der Waals surface area (Å²) >= 11 is 0. The van der Waals surface area contributed by atoms with E-state index in [0.717, 1.165) is 26.1 Å². The summed E-state index contributed by atoms with van der Waals surface area (Å²) in [6, 6.07) is 0. The lowest BCUT2D eigenvalue weighted by molar-refractivity contribution is 0.127. The molecule has 0 aliphatic heterocycles. The first-order chi connectivity index (χ1) is 9.91. The molecule has 1 heteroatoms. The minimum Gasteiger partial charge on any atom is -0.381 e. The van der Waals surface area contributed by atoms with E-state index < -0.39 is 0 Å². The van der Waals surface area contributed by atoms with Crippen LogP contribution in [-0.2, 0) is 4.74 Å². The van der Waals surface area contributed by atoms with Crippen LogP contribution in [0.3, 0.4) is 0 Å². The topological polar surface area (TPSA) is 9.23 Å². The first-order valence-electron chi connectivity index (χ1n) is 8.95. The summed E-state index contributed by atoms with van der Waals surface area (Å²) in [6.45, 7) is 6.35. The van der Waals surface area contributed by atoms with E-state index in [0.29, 0.717) is 0 Å². The van der Waals surface area contributed by atoms with Crippen LogP contribution in [-0.4, -0.2) is 13.2 Å². The molecule has 0 spiro atoms. The molecule has 0 rings (SSSR count). The van der Waals surface area contributed by atoms with Crippen LogP contribution in [0.4, 0.5) is 0 Å². The Hall–Kier alpha value is -0.480. The van der Waals surface area contributed by atoms with Crippen LogP contribution >= 0.6 is 0 Å². The number of rotatable bonds is 14. The summed E-state index contributed by atoms with van der Waals surface area (Å²) in [5.41, 5.74) is 0. The smallest absolute Gasteiger partial charge is 0.0466 e. The van der Waals surface area contributed by atoms with Gasteiger partial charge in [-0.3, -0.25) is 0 Å².